The minimum atomic E-state index is -4.84. The van der Waals surface area contributed by atoms with Gasteiger partial charge in [0.25, 0.3) is 5.91 Å². The number of nitriles is 1. The summed E-state index contributed by atoms with van der Waals surface area (Å²) in [6.45, 7) is 0.958. The van der Waals surface area contributed by atoms with Crippen molar-refractivity contribution in [1.82, 2.24) is 0 Å². The minimum Gasteiger partial charge on any atom is -0.379 e. The van der Waals surface area contributed by atoms with Crippen molar-refractivity contribution in [3.63, 3.8) is 0 Å². The van der Waals surface area contributed by atoms with Crippen LogP contribution in [0.2, 0.25) is 0 Å². The van der Waals surface area contributed by atoms with E-state index in [4.69, 9.17) is 5.26 Å². The molecule has 1 unspecified atom stereocenters. The Morgan fingerprint density at radius 1 is 1.09 bits per heavy atom. The number of nitrogens with zero attached hydrogens (tertiary/aromatic N) is 1. The van der Waals surface area contributed by atoms with Gasteiger partial charge in [0.1, 0.15) is 0 Å². The van der Waals surface area contributed by atoms with Gasteiger partial charge in [-0.05, 0) is 36.6 Å². The van der Waals surface area contributed by atoms with Crippen LogP contribution in [0.3, 0.4) is 0 Å². The highest BCUT2D eigenvalue weighted by atomic mass is 32.2. The van der Waals surface area contributed by atoms with Gasteiger partial charge in [0, 0.05) is 11.1 Å². The Hall–Kier alpha value is -3.42. The summed E-state index contributed by atoms with van der Waals surface area (Å²) < 4.78 is 65.3. The van der Waals surface area contributed by atoms with Crippen LogP contribution in [0.4, 0.5) is 18.9 Å². The third-order valence-electron chi connectivity index (χ3n) is 4.75. The third-order valence-corrected chi connectivity index (χ3v) is 6.72. The summed E-state index contributed by atoms with van der Waals surface area (Å²) in [4.78, 5) is 12.5. The highest BCUT2D eigenvalue weighted by Gasteiger charge is 2.38. The Labute approximate surface area is 181 Å². The van der Waals surface area contributed by atoms with Crippen LogP contribution in [0.25, 0.3) is 10.8 Å². The first kappa shape index (κ1) is 23.2. The molecule has 166 valence electrons. The molecule has 0 aliphatic rings. The maximum atomic E-state index is 13.1. The second-order valence-electron chi connectivity index (χ2n) is 7.33. The molecule has 3 aromatic carbocycles. The first-order valence-corrected chi connectivity index (χ1v) is 10.9. The Bertz CT molecular complexity index is 1340. The molecule has 0 radical (unpaired) electrons. The number of benzene rings is 3. The molecule has 1 atom stereocenters. The molecule has 0 bridgehead atoms. The lowest BCUT2D eigenvalue weighted by Gasteiger charge is -2.23. The zero-order valence-electron chi connectivity index (χ0n) is 16.6. The van der Waals surface area contributed by atoms with Crippen LogP contribution in [0.15, 0.2) is 65.6 Å². The summed E-state index contributed by atoms with van der Waals surface area (Å²) in [6.07, 6.45) is -4.84. The van der Waals surface area contributed by atoms with Gasteiger partial charge in [-0.25, -0.2) is 8.42 Å². The molecule has 0 aromatic heterocycles. The number of hydrogen-bond acceptors (Lipinski definition) is 5. The number of halogens is 3. The normalized spacial score (nSPS) is 13.9. The number of rotatable bonds is 5. The van der Waals surface area contributed by atoms with E-state index in [0.29, 0.717) is 16.8 Å². The molecule has 3 aromatic rings. The van der Waals surface area contributed by atoms with Crippen molar-refractivity contribution in [3.8, 4) is 6.07 Å². The number of anilines is 1. The van der Waals surface area contributed by atoms with Crippen LogP contribution in [-0.4, -0.2) is 30.8 Å². The second-order valence-corrected chi connectivity index (χ2v) is 9.29. The van der Waals surface area contributed by atoms with Gasteiger partial charge in [0.2, 0.25) is 0 Å². The highest BCUT2D eigenvalue weighted by Crippen LogP contribution is 2.34. The third kappa shape index (κ3) is 4.74. The number of nitrogens with one attached hydrogen (secondary N) is 1. The number of alkyl halides is 3. The fourth-order valence-corrected chi connectivity index (χ4v) is 5.03. The molecule has 3 rings (SSSR count). The number of sulfone groups is 1. The summed E-state index contributed by atoms with van der Waals surface area (Å²) in [6, 6.07) is 15.2. The standard InChI is InChI=1S/C22H17F3N2O4S/c1-21(29,13-32(30,31)19-8-4-6-14-5-2-3-7-17(14)19)20(28)27-16-10-9-15(12-26)18(11-16)22(23,24)25/h2-11,29H,13H2,1H3,(H,27,28). The number of carbonyl (C=O) groups is 1. The molecule has 32 heavy (non-hydrogen) atoms. The van der Waals surface area contributed by atoms with Crippen LogP contribution >= 0.6 is 0 Å². The summed E-state index contributed by atoms with van der Waals surface area (Å²) in [5, 5.41) is 22.6. The van der Waals surface area contributed by atoms with Crippen LogP contribution in [0.5, 0.6) is 0 Å². The van der Waals surface area contributed by atoms with Crippen molar-refractivity contribution in [2.75, 3.05) is 11.1 Å². The molecule has 0 heterocycles. The van der Waals surface area contributed by atoms with Crippen LogP contribution in [0.1, 0.15) is 18.1 Å². The summed E-state index contributed by atoms with van der Waals surface area (Å²) in [5.41, 5.74) is -4.70. The Morgan fingerprint density at radius 3 is 2.41 bits per heavy atom. The van der Waals surface area contributed by atoms with Gasteiger partial charge in [0.05, 0.1) is 27.8 Å². The number of fused-ring (bicyclic) bond motifs is 1. The lowest BCUT2D eigenvalue weighted by atomic mass is 10.1. The summed E-state index contributed by atoms with van der Waals surface area (Å²) >= 11 is 0. The Kier molecular flexibility index (Phi) is 6.00. The Balaban J connectivity index is 1.88. The number of hydrogen-bond donors (Lipinski definition) is 2. The molecular formula is C22H17F3N2O4S. The first-order chi connectivity index (χ1) is 14.8. The zero-order chi connectivity index (χ0) is 23.7. The molecule has 0 aliphatic carbocycles. The van der Waals surface area contributed by atoms with Crippen molar-refractivity contribution >= 4 is 32.2 Å². The van der Waals surface area contributed by atoms with E-state index < -0.39 is 44.4 Å². The molecular weight excluding hydrogens is 445 g/mol. The lowest BCUT2D eigenvalue weighted by molar-refractivity contribution is -0.137. The van der Waals surface area contributed by atoms with Crippen LogP contribution in [0, 0.1) is 11.3 Å². The maximum Gasteiger partial charge on any atom is 0.417 e. The smallest absolute Gasteiger partial charge is 0.379 e. The number of aliphatic hydroxyl groups is 1. The molecule has 2 N–H and O–H groups in total. The van der Waals surface area contributed by atoms with Crippen molar-refractivity contribution in [2.45, 2.75) is 23.6 Å². The molecule has 0 aliphatic heterocycles. The first-order valence-electron chi connectivity index (χ1n) is 9.21. The minimum absolute atomic E-state index is 0.0820. The lowest BCUT2D eigenvalue weighted by Crippen LogP contribution is -2.45. The summed E-state index contributed by atoms with van der Waals surface area (Å²) in [5.74, 6) is -2.21. The van der Waals surface area contributed by atoms with Crippen molar-refractivity contribution in [2.24, 2.45) is 0 Å². The average Bonchev–Trinajstić information content (AvgIpc) is 2.71. The van der Waals surface area contributed by atoms with Crippen LogP contribution < -0.4 is 5.32 Å². The van der Waals surface area contributed by atoms with Crippen LogP contribution in [-0.2, 0) is 20.8 Å². The predicted molar refractivity (Wildman–Crippen MR) is 111 cm³/mol. The van der Waals surface area contributed by atoms with Gasteiger partial charge in [-0.1, -0.05) is 36.4 Å². The maximum absolute atomic E-state index is 13.1. The van der Waals surface area contributed by atoms with E-state index in [1.165, 1.54) is 18.2 Å². The fourth-order valence-electron chi connectivity index (χ4n) is 3.20. The van der Waals surface area contributed by atoms with Gasteiger partial charge >= 0.3 is 6.18 Å². The van der Waals surface area contributed by atoms with Gasteiger partial charge in [-0.2, -0.15) is 18.4 Å². The van der Waals surface area contributed by atoms with Gasteiger partial charge < -0.3 is 10.4 Å². The van der Waals surface area contributed by atoms with Crippen molar-refractivity contribution in [1.29, 1.82) is 5.26 Å². The van der Waals surface area contributed by atoms with E-state index in [2.05, 4.69) is 5.32 Å². The van der Waals surface area contributed by atoms with Gasteiger partial charge in [0.15, 0.2) is 15.4 Å². The van der Waals surface area contributed by atoms with E-state index in [1.807, 2.05) is 0 Å². The van der Waals surface area contributed by atoms with E-state index in [-0.39, 0.29) is 10.6 Å². The second kappa shape index (κ2) is 8.26. The topological polar surface area (TPSA) is 107 Å². The monoisotopic (exact) mass is 462 g/mol. The van der Waals surface area contributed by atoms with Crippen molar-refractivity contribution in [3.05, 3.63) is 71.8 Å². The molecule has 10 heteroatoms. The van der Waals surface area contributed by atoms with E-state index in [1.54, 1.807) is 30.3 Å². The van der Waals surface area contributed by atoms with E-state index >= 15 is 0 Å². The number of amides is 1. The predicted octanol–water partition coefficient (Wildman–Crippen LogP) is 3.89. The SMILES string of the molecule is CC(O)(CS(=O)(=O)c1cccc2ccccc12)C(=O)Nc1ccc(C#N)c(C(F)(F)F)c1. The highest BCUT2D eigenvalue weighted by molar-refractivity contribution is 7.91. The molecule has 1 amide bonds. The van der Waals surface area contributed by atoms with Crippen molar-refractivity contribution < 1.29 is 31.5 Å². The Morgan fingerprint density at radius 2 is 1.75 bits per heavy atom. The van der Waals surface area contributed by atoms with E-state index in [0.717, 1.165) is 19.1 Å². The fraction of sp³-hybridized carbons (Fsp3) is 0.182. The summed E-state index contributed by atoms with van der Waals surface area (Å²) in [7, 11) is -4.16. The molecule has 0 fully saturated rings. The molecule has 6 nitrogen and oxygen atoms in total. The largest absolute Gasteiger partial charge is 0.417 e. The van der Waals surface area contributed by atoms with Gasteiger partial charge in [-0.15, -0.1) is 0 Å². The molecule has 0 spiro atoms. The zero-order valence-corrected chi connectivity index (χ0v) is 17.5. The van der Waals surface area contributed by atoms with E-state index in [9.17, 15) is 31.5 Å². The average molecular weight is 462 g/mol. The van der Waals surface area contributed by atoms with Gasteiger partial charge in [-0.3, -0.25) is 4.79 Å². The molecule has 0 saturated heterocycles. The quantitative estimate of drug-likeness (QED) is 0.598. The number of carbonyl (C=O) groups excluding carboxylic acids is 1. The molecule has 0 saturated carbocycles.